The third-order valence-corrected chi connectivity index (χ3v) is 12.4. The van der Waals surface area contributed by atoms with Crippen molar-refractivity contribution in [1.29, 1.82) is 0 Å². The minimum Gasteiger partial charge on any atom is -0.309 e. The molecule has 12 aromatic rings. The summed E-state index contributed by atoms with van der Waals surface area (Å²) in [6, 6.07) is 66.6. The molecule has 6 heteroatoms. The molecule has 0 atom stereocenters. The van der Waals surface area contributed by atoms with Crippen molar-refractivity contribution in [1.82, 2.24) is 24.1 Å². The third kappa shape index (κ3) is 4.84. The third-order valence-electron chi connectivity index (χ3n) is 11.2. The smallest absolute Gasteiger partial charge is 0.165 e. The van der Waals surface area contributed by atoms with Gasteiger partial charge in [-0.05, 0) is 48.5 Å². The van der Waals surface area contributed by atoms with Gasteiger partial charge in [0, 0.05) is 64.1 Å². The molecule has 12 rings (SSSR count). The lowest BCUT2D eigenvalue weighted by molar-refractivity contribution is 1.08. The van der Waals surface area contributed by atoms with E-state index in [4.69, 9.17) is 15.0 Å². The molecule has 0 saturated carbocycles. The van der Waals surface area contributed by atoms with Gasteiger partial charge in [-0.15, -0.1) is 11.3 Å². The van der Waals surface area contributed by atoms with Crippen LogP contribution in [0.2, 0.25) is 0 Å². The molecule has 0 aliphatic carbocycles. The van der Waals surface area contributed by atoms with Gasteiger partial charge < -0.3 is 9.13 Å². The number of hydrogen-bond donors (Lipinski definition) is 0. The molecule has 266 valence electrons. The predicted octanol–water partition coefficient (Wildman–Crippen LogP) is 13.4. The first-order valence-corrected chi connectivity index (χ1v) is 19.9. The molecule has 0 bridgehead atoms. The van der Waals surface area contributed by atoms with E-state index in [2.05, 4.69) is 161 Å². The van der Waals surface area contributed by atoms with E-state index >= 15 is 0 Å². The van der Waals surface area contributed by atoms with Gasteiger partial charge in [-0.25, -0.2) is 15.0 Å². The van der Waals surface area contributed by atoms with Crippen LogP contribution in [-0.2, 0) is 0 Å². The summed E-state index contributed by atoms with van der Waals surface area (Å²) < 4.78 is 7.27. The molecule has 0 aliphatic rings. The van der Waals surface area contributed by atoms with Gasteiger partial charge in [-0.1, -0.05) is 140 Å². The second-order valence-electron chi connectivity index (χ2n) is 14.4. The second-order valence-corrected chi connectivity index (χ2v) is 15.4. The van der Waals surface area contributed by atoms with E-state index in [0.29, 0.717) is 17.5 Å². The number of para-hydroxylation sites is 3. The van der Waals surface area contributed by atoms with E-state index in [1.54, 1.807) is 11.3 Å². The molecular formula is C51H31N5S. The van der Waals surface area contributed by atoms with Gasteiger partial charge in [0.15, 0.2) is 17.5 Å². The molecule has 0 aliphatic heterocycles. The zero-order valence-corrected chi connectivity index (χ0v) is 31.4. The number of fused-ring (bicyclic) bond motifs is 10. The van der Waals surface area contributed by atoms with Gasteiger partial charge in [-0.2, -0.15) is 0 Å². The monoisotopic (exact) mass is 745 g/mol. The van der Waals surface area contributed by atoms with Crippen LogP contribution in [0.5, 0.6) is 0 Å². The van der Waals surface area contributed by atoms with Crippen molar-refractivity contribution >= 4 is 75.1 Å². The Kier molecular flexibility index (Phi) is 7.03. The average molecular weight is 746 g/mol. The van der Waals surface area contributed by atoms with E-state index in [1.807, 2.05) is 36.4 Å². The van der Waals surface area contributed by atoms with Crippen LogP contribution in [0.25, 0.3) is 109 Å². The Hall–Kier alpha value is -7.41. The van der Waals surface area contributed by atoms with Crippen molar-refractivity contribution in [3.05, 3.63) is 188 Å². The zero-order chi connectivity index (χ0) is 37.5. The van der Waals surface area contributed by atoms with Crippen molar-refractivity contribution in [2.75, 3.05) is 0 Å². The topological polar surface area (TPSA) is 48.5 Å². The highest BCUT2D eigenvalue weighted by atomic mass is 32.1. The molecule has 0 saturated heterocycles. The Balaban J connectivity index is 1.18. The maximum absolute atomic E-state index is 5.18. The molecule has 57 heavy (non-hydrogen) atoms. The summed E-state index contributed by atoms with van der Waals surface area (Å²) in [5, 5.41) is 7.32. The van der Waals surface area contributed by atoms with Crippen LogP contribution < -0.4 is 0 Å². The number of rotatable bonds is 5. The van der Waals surface area contributed by atoms with Crippen molar-refractivity contribution in [3.8, 4) is 45.5 Å². The lowest BCUT2D eigenvalue weighted by atomic mass is 10.1. The summed E-state index contributed by atoms with van der Waals surface area (Å²) in [6.45, 7) is 0. The van der Waals surface area contributed by atoms with Crippen LogP contribution in [-0.4, -0.2) is 24.1 Å². The summed E-state index contributed by atoms with van der Waals surface area (Å²) in [5.41, 5.74) is 9.88. The molecule has 0 N–H and O–H groups in total. The SMILES string of the molecule is c1ccc(-c2nc(-c3ccccc3)nc(-c3ccc(-n4c5ccccc5c5c4ccc4c6ccccc6n(-c6ccccc6)c45)c4c3sc3ccccc34)n2)cc1. The van der Waals surface area contributed by atoms with Crippen LogP contribution >= 0.6 is 11.3 Å². The highest BCUT2D eigenvalue weighted by molar-refractivity contribution is 7.26. The van der Waals surface area contributed by atoms with Crippen LogP contribution in [0.1, 0.15) is 0 Å². The number of thiophene rings is 1. The van der Waals surface area contributed by atoms with Crippen molar-refractivity contribution in [3.63, 3.8) is 0 Å². The molecular weight excluding hydrogens is 715 g/mol. The Labute approximate surface area is 331 Å². The van der Waals surface area contributed by atoms with Crippen molar-refractivity contribution in [2.24, 2.45) is 0 Å². The Morgan fingerprint density at radius 1 is 0.368 bits per heavy atom. The summed E-state index contributed by atoms with van der Waals surface area (Å²) >= 11 is 1.80. The fourth-order valence-electron chi connectivity index (χ4n) is 8.72. The van der Waals surface area contributed by atoms with E-state index < -0.39 is 0 Å². The van der Waals surface area contributed by atoms with Gasteiger partial charge in [0.25, 0.3) is 0 Å². The van der Waals surface area contributed by atoms with Crippen LogP contribution in [0.15, 0.2) is 188 Å². The summed E-state index contributed by atoms with van der Waals surface area (Å²) in [7, 11) is 0. The van der Waals surface area contributed by atoms with E-state index in [9.17, 15) is 0 Å². The van der Waals surface area contributed by atoms with Crippen LogP contribution in [0.4, 0.5) is 0 Å². The molecule has 0 unspecified atom stereocenters. The second kappa shape index (κ2) is 12.6. The largest absolute Gasteiger partial charge is 0.309 e. The maximum Gasteiger partial charge on any atom is 0.165 e. The first kappa shape index (κ1) is 31.9. The normalized spacial score (nSPS) is 11.9. The van der Waals surface area contributed by atoms with E-state index in [1.165, 1.54) is 48.1 Å². The van der Waals surface area contributed by atoms with Gasteiger partial charge in [0.1, 0.15) is 0 Å². The minimum atomic E-state index is 0.651. The van der Waals surface area contributed by atoms with Gasteiger partial charge in [-0.3, -0.25) is 0 Å². The van der Waals surface area contributed by atoms with E-state index in [0.717, 1.165) is 43.8 Å². The predicted molar refractivity (Wildman–Crippen MR) is 238 cm³/mol. The van der Waals surface area contributed by atoms with Crippen LogP contribution in [0.3, 0.4) is 0 Å². The van der Waals surface area contributed by atoms with Gasteiger partial charge in [0.05, 0.1) is 27.8 Å². The molecule has 0 amide bonds. The molecule has 8 aromatic carbocycles. The van der Waals surface area contributed by atoms with Crippen molar-refractivity contribution < 1.29 is 0 Å². The lowest BCUT2D eigenvalue weighted by Gasteiger charge is -2.14. The quantitative estimate of drug-likeness (QED) is 0.176. The first-order valence-electron chi connectivity index (χ1n) is 19.1. The molecule has 4 aromatic heterocycles. The van der Waals surface area contributed by atoms with Crippen molar-refractivity contribution in [2.45, 2.75) is 0 Å². The van der Waals surface area contributed by atoms with Crippen LogP contribution in [0, 0.1) is 0 Å². The number of benzene rings is 8. The molecule has 4 heterocycles. The number of aromatic nitrogens is 5. The lowest BCUT2D eigenvalue weighted by Crippen LogP contribution is -2.01. The fourth-order valence-corrected chi connectivity index (χ4v) is 9.95. The zero-order valence-electron chi connectivity index (χ0n) is 30.5. The highest BCUT2D eigenvalue weighted by Crippen LogP contribution is 2.47. The van der Waals surface area contributed by atoms with Gasteiger partial charge >= 0.3 is 0 Å². The number of hydrogen-bond acceptors (Lipinski definition) is 4. The molecule has 5 nitrogen and oxygen atoms in total. The number of nitrogens with zero attached hydrogens (tertiary/aromatic N) is 5. The summed E-state index contributed by atoms with van der Waals surface area (Å²) in [4.78, 5) is 15.4. The van der Waals surface area contributed by atoms with Gasteiger partial charge in [0.2, 0.25) is 0 Å². The Morgan fingerprint density at radius 3 is 1.63 bits per heavy atom. The standard InChI is InChI=1S/C51H31N5S/c1-4-16-32(17-5-1)49-52-50(33-18-6-2-7-19-33)54-51(53-49)39-29-31-43(46-38-24-12-15-27-44(38)57-48(39)46)56-41-26-14-11-23-37(41)45-42(56)30-28-36-35-22-10-13-25-40(35)55(47(36)45)34-20-8-3-9-21-34/h1-31H. The molecule has 0 radical (unpaired) electrons. The molecule has 0 spiro atoms. The fraction of sp³-hybridized carbons (Fsp3) is 0. The van der Waals surface area contributed by atoms with E-state index in [-0.39, 0.29) is 0 Å². The highest BCUT2D eigenvalue weighted by Gasteiger charge is 2.24. The summed E-state index contributed by atoms with van der Waals surface area (Å²) in [5.74, 6) is 1.96. The maximum atomic E-state index is 5.18. The Morgan fingerprint density at radius 2 is 0.930 bits per heavy atom. The first-order chi connectivity index (χ1) is 28.3. The average Bonchev–Trinajstić information content (AvgIpc) is 3.95. The summed E-state index contributed by atoms with van der Waals surface area (Å²) in [6.07, 6.45) is 0. The Bertz CT molecular complexity index is 3450. The minimum absolute atomic E-state index is 0.651. The molecule has 0 fully saturated rings.